The standard InChI is InChI=1S/C26H21Cl2NO4/c1-2-33-19-11-8-17(9-12-19)24(30)22-23(18-10-13-20(27)21(28)14-18)29(26(32)25(22)31)15-16-6-4-3-5-7-16/h3-14,23,30H,2,15H2,1H3/b24-22+. The number of amides is 1. The number of rotatable bonds is 6. The lowest BCUT2D eigenvalue weighted by Gasteiger charge is -2.25. The normalized spacial score (nSPS) is 17.4. The SMILES string of the molecule is CCOc1ccc(/C(O)=C2\C(=O)C(=O)N(Cc3ccccc3)C2c2ccc(Cl)c(Cl)c2)cc1. The van der Waals surface area contributed by atoms with E-state index in [-0.39, 0.29) is 17.9 Å². The summed E-state index contributed by atoms with van der Waals surface area (Å²) in [6.45, 7) is 2.57. The summed E-state index contributed by atoms with van der Waals surface area (Å²) in [6.07, 6.45) is 0. The van der Waals surface area contributed by atoms with Gasteiger partial charge in [-0.1, -0.05) is 59.6 Å². The molecule has 1 aliphatic heterocycles. The average molecular weight is 482 g/mol. The van der Waals surface area contributed by atoms with Crippen molar-refractivity contribution in [3.63, 3.8) is 0 Å². The Hall–Kier alpha value is -3.28. The van der Waals surface area contributed by atoms with Crippen molar-refractivity contribution >= 4 is 40.7 Å². The quantitative estimate of drug-likeness (QED) is 0.265. The van der Waals surface area contributed by atoms with E-state index >= 15 is 0 Å². The zero-order valence-corrected chi connectivity index (χ0v) is 19.3. The molecular weight excluding hydrogens is 461 g/mol. The number of ketones is 1. The molecule has 168 valence electrons. The minimum Gasteiger partial charge on any atom is -0.507 e. The monoisotopic (exact) mass is 481 g/mol. The van der Waals surface area contributed by atoms with Crippen LogP contribution >= 0.6 is 23.2 Å². The first-order valence-electron chi connectivity index (χ1n) is 10.4. The van der Waals surface area contributed by atoms with E-state index in [0.29, 0.717) is 33.5 Å². The Bertz CT molecular complexity index is 1220. The molecule has 1 fully saturated rings. The first kappa shape index (κ1) is 22.9. The van der Waals surface area contributed by atoms with Crippen LogP contribution in [0, 0.1) is 0 Å². The molecule has 0 aromatic heterocycles. The Morgan fingerprint density at radius 3 is 2.30 bits per heavy atom. The zero-order valence-electron chi connectivity index (χ0n) is 17.8. The zero-order chi connectivity index (χ0) is 23.5. The number of benzene rings is 3. The smallest absolute Gasteiger partial charge is 0.295 e. The van der Waals surface area contributed by atoms with Gasteiger partial charge in [-0.05, 0) is 54.4 Å². The van der Waals surface area contributed by atoms with Crippen LogP contribution in [0.2, 0.25) is 10.0 Å². The average Bonchev–Trinajstić information content (AvgIpc) is 3.07. The van der Waals surface area contributed by atoms with Gasteiger partial charge in [-0.25, -0.2) is 0 Å². The van der Waals surface area contributed by atoms with Crippen LogP contribution in [0.3, 0.4) is 0 Å². The number of carbonyl (C=O) groups excluding carboxylic acids is 2. The predicted molar refractivity (Wildman–Crippen MR) is 128 cm³/mol. The second-order valence-electron chi connectivity index (χ2n) is 7.54. The van der Waals surface area contributed by atoms with Crippen LogP contribution in [-0.2, 0) is 16.1 Å². The Morgan fingerprint density at radius 1 is 0.970 bits per heavy atom. The molecule has 1 heterocycles. The number of hydrogen-bond donors (Lipinski definition) is 1. The van der Waals surface area contributed by atoms with Gasteiger partial charge in [-0.2, -0.15) is 0 Å². The van der Waals surface area contributed by atoms with Gasteiger partial charge in [-0.3, -0.25) is 9.59 Å². The maximum absolute atomic E-state index is 13.1. The highest BCUT2D eigenvalue weighted by molar-refractivity contribution is 6.46. The molecule has 0 spiro atoms. The van der Waals surface area contributed by atoms with E-state index in [9.17, 15) is 14.7 Å². The molecule has 3 aromatic carbocycles. The van der Waals surface area contributed by atoms with Gasteiger partial charge in [-0.15, -0.1) is 0 Å². The largest absolute Gasteiger partial charge is 0.507 e. The van der Waals surface area contributed by atoms with Crippen LogP contribution in [-0.4, -0.2) is 28.3 Å². The maximum atomic E-state index is 13.1. The van der Waals surface area contributed by atoms with Crippen molar-refractivity contribution in [3.05, 3.63) is 105 Å². The van der Waals surface area contributed by atoms with E-state index in [1.807, 2.05) is 37.3 Å². The summed E-state index contributed by atoms with van der Waals surface area (Å²) in [7, 11) is 0. The van der Waals surface area contributed by atoms with E-state index in [0.717, 1.165) is 5.56 Å². The van der Waals surface area contributed by atoms with Crippen molar-refractivity contribution < 1.29 is 19.4 Å². The van der Waals surface area contributed by atoms with E-state index < -0.39 is 17.7 Å². The number of halogens is 2. The number of likely N-dealkylation sites (tertiary alicyclic amines) is 1. The molecule has 3 aromatic rings. The van der Waals surface area contributed by atoms with Crippen molar-refractivity contribution in [1.29, 1.82) is 0 Å². The molecule has 1 saturated heterocycles. The molecule has 0 bridgehead atoms. The minimum absolute atomic E-state index is 0.00141. The van der Waals surface area contributed by atoms with Crippen LogP contribution in [0.5, 0.6) is 5.75 Å². The molecule has 5 nitrogen and oxygen atoms in total. The van der Waals surface area contributed by atoms with E-state index in [1.165, 1.54) is 4.90 Å². The first-order chi connectivity index (χ1) is 15.9. The lowest BCUT2D eigenvalue weighted by atomic mass is 9.95. The number of carbonyl (C=O) groups is 2. The fourth-order valence-corrected chi connectivity index (χ4v) is 4.19. The summed E-state index contributed by atoms with van der Waals surface area (Å²) in [5.74, 6) is -1.07. The molecule has 7 heteroatoms. The van der Waals surface area contributed by atoms with Crippen molar-refractivity contribution in [2.45, 2.75) is 19.5 Å². The van der Waals surface area contributed by atoms with Crippen molar-refractivity contribution in [3.8, 4) is 5.75 Å². The summed E-state index contributed by atoms with van der Waals surface area (Å²) in [5.41, 5.74) is 1.83. The Kier molecular flexibility index (Phi) is 6.72. The molecule has 1 atom stereocenters. The minimum atomic E-state index is -0.827. The topological polar surface area (TPSA) is 66.8 Å². The number of aliphatic hydroxyl groups excluding tert-OH is 1. The molecule has 0 radical (unpaired) electrons. The van der Waals surface area contributed by atoms with Gasteiger partial charge in [0.15, 0.2) is 0 Å². The predicted octanol–water partition coefficient (Wildman–Crippen LogP) is 6.01. The Balaban J connectivity index is 1.84. The van der Waals surface area contributed by atoms with Gasteiger partial charge < -0.3 is 14.7 Å². The third-order valence-corrected chi connectivity index (χ3v) is 6.17. The summed E-state index contributed by atoms with van der Waals surface area (Å²) in [6, 6.07) is 20.1. The fraction of sp³-hybridized carbons (Fsp3) is 0.154. The van der Waals surface area contributed by atoms with Gasteiger partial charge in [0.1, 0.15) is 11.5 Å². The first-order valence-corrected chi connectivity index (χ1v) is 11.2. The van der Waals surface area contributed by atoms with E-state index in [2.05, 4.69) is 0 Å². The van der Waals surface area contributed by atoms with Gasteiger partial charge >= 0.3 is 0 Å². The van der Waals surface area contributed by atoms with Crippen LogP contribution < -0.4 is 4.74 Å². The Labute approximate surface area is 201 Å². The van der Waals surface area contributed by atoms with Crippen molar-refractivity contribution in [1.82, 2.24) is 4.90 Å². The second kappa shape index (κ2) is 9.69. The molecule has 1 unspecified atom stereocenters. The highest BCUT2D eigenvalue weighted by atomic mass is 35.5. The molecule has 0 aliphatic carbocycles. The number of aliphatic hydroxyl groups is 1. The van der Waals surface area contributed by atoms with Crippen molar-refractivity contribution in [2.24, 2.45) is 0 Å². The van der Waals surface area contributed by atoms with Gasteiger partial charge in [0.2, 0.25) is 0 Å². The molecule has 33 heavy (non-hydrogen) atoms. The third kappa shape index (κ3) is 4.61. The van der Waals surface area contributed by atoms with E-state index in [1.54, 1.807) is 42.5 Å². The van der Waals surface area contributed by atoms with Gasteiger partial charge in [0.05, 0.1) is 28.3 Å². The third-order valence-electron chi connectivity index (χ3n) is 5.43. The summed E-state index contributed by atoms with van der Waals surface area (Å²) in [4.78, 5) is 27.7. The van der Waals surface area contributed by atoms with Crippen molar-refractivity contribution in [2.75, 3.05) is 6.61 Å². The number of ether oxygens (including phenoxy) is 1. The van der Waals surface area contributed by atoms with Gasteiger partial charge in [0, 0.05) is 12.1 Å². The number of Topliss-reactive ketones (excluding diaryl/α,β-unsaturated/α-hetero) is 1. The lowest BCUT2D eigenvalue weighted by molar-refractivity contribution is -0.140. The Morgan fingerprint density at radius 2 is 1.67 bits per heavy atom. The highest BCUT2D eigenvalue weighted by Gasteiger charge is 2.46. The van der Waals surface area contributed by atoms with Crippen LogP contribution in [0.25, 0.3) is 5.76 Å². The van der Waals surface area contributed by atoms with Crippen LogP contribution in [0.4, 0.5) is 0 Å². The van der Waals surface area contributed by atoms with Crippen LogP contribution in [0.15, 0.2) is 78.4 Å². The molecule has 4 rings (SSSR count). The molecule has 1 N–H and O–H groups in total. The number of nitrogens with zero attached hydrogens (tertiary/aromatic N) is 1. The summed E-state index contributed by atoms with van der Waals surface area (Å²) >= 11 is 12.3. The summed E-state index contributed by atoms with van der Waals surface area (Å²) in [5, 5.41) is 11.8. The second-order valence-corrected chi connectivity index (χ2v) is 8.36. The highest BCUT2D eigenvalue weighted by Crippen LogP contribution is 2.41. The molecule has 0 saturated carbocycles. The maximum Gasteiger partial charge on any atom is 0.295 e. The number of hydrogen-bond acceptors (Lipinski definition) is 4. The molecule has 1 aliphatic rings. The van der Waals surface area contributed by atoms with E-state index in [4.69, 9.17) is 27.9 Å². The summed E-state index contributed by atoms with van der Waals surface area (Å²) < 4.78 is 5.45. The van der Waals surface area contributed by atoms with Crippen LogP contribution in [0.1, 0.15) is 29.7 Å². The molecule has 1 amide bonds. The van der Waals surface area contributed by atoms with Gasteiger partial charge in [0.25, 0.3) is 11.7 Å². The lowest BCUT2D eigenvalue weighted by Crippen LogP contribution is -2.29. The molecular formula is C26H21Cl2NO4. The fourth-order valence-electron chi connectivity index (χ4n) is 3.88.